The Morgan fingerprint density at radius 1 is 1.09 bits per heavy atom. The van der Waals surface area contributed by atoms with E-state index in [4.69, 9.17) is 28.4 Å². The second-order valence-corrected chi connectivity index (χ2v) is 5.03. The van der Waals surface area contributed by atoms with Crippen molar-refractivity contribution >= 4 is 5.97 Å². The van der Waals surface area contributed by atoms with Crippen molar-refractivity contribution in [2.24, 2.45) is 0 Å². The maximum absolute atomic E-state index is 11.3. The molecule has 1 unspecified atom stereocenters. The third-order valence-electron chi connectivity index (χ3n) is 3.66. The Balaban J connectivity index is 2.53. The van der Waals surface area contributed by atoms with Gasteiger partial charge < -0.3 is 28.4 Å². The Hall–Kier alpha value is -1.99. The van der Waals surface area contributed by atoms with Crippen molar-refractivity contribution in [2.75, 3.05) is 34.5 Å². The molecule has 0 aliphatic carbocycles. The molecule has 7 nitrogen and oxygen atoms in total. The van der Waals surface area contributed by atoms with Crippen LogP contribution < -0.4 is 14.2 Å². The van der Waals surface area contributed by atoms with Crippen LogP contribution in [-0.2, 0) is 24.8 Å². The molecule has 1 atom stereocenters. The number of carbonyl (C=O) groups is 1. The molecular weight excluding hydrogens is 304 g/mol. The molecule has 0 spiro atoms. The highest BCUT2D eigenvalue weighted by molar-refractivity contribution is 5.66. The minimum absolute atomic E-state index is 0.391. The van der Waals surface area contributed by atoms with Gasteiger partial charge in [-0.25, -0.2) is 0 Å². The zero-order valence-electron chi connectivity index (χ0n) is 14.0. The van der Waals surface area contributed by atoms with Crippen LogP contribution in [0.2, 0.25) is 0 Å². The number of benzene rings is 1. The third kappa shape index (κ3) is 3.20. The molecule has 0 saturated carbocycles. The number of ether oxygens (including phenoxy) is 6. The normalized spacial score (nSPS) is 17.4. The smallest absolute Gasteiger partial charge is 0.303 e. The Morgan fingerprint density at radius 3 is 2.00 bits per heavy atom. The quantitative estimate of drug-likeness (QED) is 0.739. The van der Waals surface area contributed by atoms with Crippen molar-refractivity contribution < 1.29 is 33.2 Å². The van der Waals surface area contributed by atoms with E-state index in [0.717, 1.165) is 0 Å². The summed E-state index contributed by atoms with van der Waals surface area (Å²) in [6.07, 6.45) is -0.648. The first kappa shape index (κ1) is 17.4. The first-order valence-corrected chi connectivity index (χ1v) is 7.24. The molecule has 7 heteroatoms. The van der Waals surface area contributed by atoms with Crippen molar-refractivity contribution in [3.63, 3.8) is 0 Å². The fourth-order valence-electron chi connectivity index (χ4n) is 2.67. The fourth-order valence-corrected chi connectivity index (χ4v) is 2.67. The summed E-state index contributed by atoms with van der Waals surface area (Å²) in [5, 5.41) is 0. The van der Waals surface area contributed by atoms with Crippen LogP contribution in [0.3, 0.4) is 0 Å². The number of esters is 1. The van der Waals surface area contributed by atoms with Gasteiger partial charge in [0.25, 0.3) is 0 Å². The van der Waals surface area contributed by atoms with Crippen LogP contribution in [0, 0.1) is 0 Å². The van der Waals surface area contributed by atoms with E-state index in [2.05, 4.69) is 0 Å². The van der Waals surface area contributed by atoms with Gasteiger partial charge >= 0.3 is 5.97 Å². The summed E-state index contributed by atoms with van der Waals surface area (Å²) in [6, 6.07) is 3.46. The van der Waals surface area contributed by atoms with Crippen LogP contribution in [0.25, 0.3) is 0 Å². The van der Waals surface area contributed by atoms with E-state index in [1.807, 2.05) is 0 Å². The van der Waals surface area contributed by atoms with E-state index in [1.165, 1.54) is 28.3 Å². The summed E-state index contributed by atoms with van der Waals surface area (Å²) in [4.78, 5) is 11.3. The van der Waals surface area contributed by atoms with Gasteiger partial charge in [-0.3, -0.25) is 4.79 Å². The molecule has 1 aliphatic heterocycles. The van der Waals surface area contributed by atoms with E-state index in [9.17, 15) is 4.79 Å². The van der Waals surface area contributed by atoms with Gasteiger partial charge in [0.2, 0.25) is 11.5 Å². The van der Waals surface area contributed by atoms with Crippen molar-refractivity contribution in [3.8, 4) is 17.2 Å². The maximum Gasteiger partial charge on any atom is 0.303 e. The zero-order chi connectivity index (χ0) is 17.0. The standard InChI is InChI=1S/C16H22O7/c1-10(23-11(2)17)16(21-6-7-22-16)12-8-13(18-3)15(20-5)14(9-12)19-4/h8-10H,6-7H2,1-5H3. The molecular formula is C16H22O7. The average Bonchev–Trinajstić information content (AvgIpc) is 3.03. The van der Waals surface area contributed by atoms with Crippen molar-refractivity contribution in [2.45, 2.75) is 25.7 Å². The SMILES string of the molecule is COc1cc(C2(C(C)OC(C)=O)OCCO2)cc(OC)c1OC. The molecule has 1 aromatic carbocycles. The Kier molecular flexibility index (Phi) is 5.33. The summed E-state index contributed by atoms with van der Waals surface area (Å²) < 4.78 is 33.0. The van der Waals surface area contributed by atoms with E-state index in [-0.39, 0.29) is 0 Å². The van der Waals surface area contributed by atoms with Gasteiger partial charge in [0.05, 0.1) is 34.5 Å². The number of hydrogen-bond donors (Lipinski definition) is 0. The molecule has 0 amide bonds. The molecule has 1 aromatic rings. The highest BCUT2D eigenvalue weighted by Gasteiger charge is 2.47. The lowest BCUT2D eigenvalue weighted by Crippen LogP contribution is -2.41. The minimum atomic E-state index is -1.21. The van der Waals surface area contributed by atoms with Gasteiger partial charge in [-0.1, -0.05) is 0 Å². The first-order valence-electron chi connectivity index (χ1n) is 7.24. The van der Waals surface area contributed by atoms with E-state index in [1.54, 1.807) is 19.1 Å². The molecule has 0 aromatic heterocycles. The highest BCUT2D eigenvalue weighted by atomic mass is 16.8. The van der Waals surface area contributed by atoms with Gasteiger partial charge in [-0.05, 0) is 19.1 Å². The molecule has 1 aliphatic rings. The minimum Gasteiger partial charge on any atom is -0.493 e. The fraction of sp³-hybridized carbons (Fsp3) is 0.562. The molecule has 23 heavy (non-hydrogen) atoms. The predicted molar refractivity (Wildman–Crippen MR) is 80.9 cm³/mol. The van der Waals surface area contributed by atoms with Crippen LogP contribution in [0.15, 0.2) is 12.1 Å². The highest BCUT2D eigenvalue weighted by Crippen LogP contribution is 2.45. The third-order valence-corrected chi connectivity index (χ3v) is 3.66. The van der Waals surface area contributed by atoms with Gasteiger partial charge in [0, 0.05) is 12.5 Å². The van der Waals surface area contributed by atoms with Crippen LogP contribution in [0.1, 0.15) is 19.4 Å². The zero-order valence-corrected chi connectivity index (χ0v) is 14.0. The summed E-state index contributed by atoms with van der Waals surface area (Å²) in [5.74, 6) is -0.223. The second-order valence-electron chi connectivity index (χ2n) is 5.03. The first-order chi connectivity index (χ1) is 11.0. The van der Waals surface area contributed by atoms with Crippen LogP contribution in [0.5, 0.6) is 17.2 Å². The van der Waals surface area contributed by atoms with Crippen LogP contribution >= 0.6 is 0 Å². The number of hydrogen-bond acceptors (Lipinski definition) is 7. The number of rotatable bonds is 6. The van der Waals surface area contributed by atoms with Crippen molar-refractivity contribution in [3.05, 3.63) is 17.7 Å². The van der Waals surface area contributed by atoms with Gasteiger partial charge in [-0.15, -0.1) is 0 Å². The summed E-state index contributed by atoms with van der Waals surface area (Å²) in [6.45, 7) is 3.84. The van der Waals surface area contributed by atoms with Gasteiger partial charge in [0.15, 0.2) is 17.6 Å². The monoisotopic (exact) mass is 326 g/mol. The molecule has 0 radical (unpaired) electrons. The summed E-state index contributed by atoms with van der Waals surface area (Å²) in [7, 11) is 4.58. The molecule has 2 rings (SSSR count). The van der Waals surface area contributed by atoms with Crippen molar-refractivity contribution in [1.82, 2.24) is 0 Å². The average molecular weight is 326 g/mol. The summed E-state index contributed by atoms with van der Waals surface area (Å²) in [5.41, 5.74) is 0.623. The lowest BCUT2D eigenvalue weighted by molar-refractivity contribution is -0.234. The molecule has 128 valence electrons. The van der Waals surface area contributed by atoms with E-state index in [0.29, 0.717) is 36.0 Å². The van der Waals surface area contributed by atoms with E-state index >= 15 is 0 Å². The summed E-state index contributed by atoms with van der Waals surface area (Å²) >= 11 is 0. The number of carbonyl (C=O) groups excluding carboxylic acids is 1. The largest absolute Gasteiger partial charge is 0.493 e. The lowest BCUT2D eigenvalue weighted by atomic mass is 9.99. The van der Waals surface area contributed by atoms with Crippen molar-refractivity contribution in [1.29, 1.82) is 0 Å². The molecule has 0 bridgehead atoms. The Bertz CT molecular complexity index is 539. The Morgan fingerprint density at radius 2 is 1.61 bits per heavy atom. The maximum atomic E-state index is 11.3. The molecule has 1 saturated heterocycles. The lowest BCUT2D eigenvalue weighted by Gasteiger charge is -2.33. The van der Waals surface area contributed by atoms with Crippen LogP contribution in [-0.4, -0.2) is 46.6 Å². The second kappa shape index (κ2) is 7.06. The topological polar surface area (TPSA) is 72.5 Å². The number of methoxy groups -OCH3 is 3. The molecule has 0 N–H and O–H groups in total. The van der Waals surface area contributed by atoms with E-state index < -0.39 is 17.9 Å². The molecule has 1 heterocycles. The van der Waals surface area contributed by atoms with Gasteiger partial charge in [-0.2, -0.15) is 0 Å². The molecule has 1 fully saturated rings. The van der Waals surface area contributed by atoms with Gasteiger partial charge in [0.1, 0.15) is 0 Å². The predicted octanol–water partition coefficient (Wildman–Crippen LogP) is 1.86. The Labute approximate surface area is 135 Å². The van der Waals surface area contributed by atoms with Crippen LogP contribution in [0.4, 0.5) is 0 Å².